The highest BCUT2D eigenvalue weighted by atomic mass is 35.5. The summed E-state index contributed by atoms with van der Waals surface area (Å²) < 4.78 is 0. The van der Waals surface area contributed by atoms with Gasteiger partial charge in [-0.25, -0.2) is 0 Å². The Bertz CT molecular complexity index is 261. The first-order chi connectivity index (χ1) is 6.83. The smallest absolute Gasteiger partial charge is 0.0406 e. The first-order valence-electron chi connectivity index (χ1n) is 5.18. The number of benzene rings is 1. The number of aryl methyl sites for hydroxylation is 1. The van der Waals surface area contributed by atoms with Crippen molar-refractivity contribution < 1.29 is 0 Å². The van der Waals surface area contributed by atoms with Crippen molar-refractivity contribution in [3.63, 3.8) is 0 Å². The van der Waals surface area contributed by atoms with Gasteiger partial charge >= 0.3 is 0 Å². The van der Waals surface area contributed by atoms with Crippen molar-refractivity contribution >= 4 is 11.6 Å². The van der Waals surface area contributed by atoms with Crippen molar-refractivity contribution in [2.75, 3.05) is 0 Å². The van der Waals surface area contributed by atoms with Crippen molar-refractivity contribution in [3.05, 3.63) is 47.5 Å². The molecule has 0 aliphatic heterocycles. The Balaban J connectivity index is 2.18. The fourth-order valence-corrected chi connectivity index (χ4v) is 1.57. The van der Waals surface area contributed by atoms with Gasteiger partial charge in [0.05, 0.1) is 0 Å². The first kappa shape index (κ1) is 11.3. The van der Waals surface area contributed by atoms with E-state index in [2.05, 4.69) is 18.7 Å². The van der Waals surface area contributed by atoms with Crippen LogP contribution in [0.3, 0.4) is 0 Å². The molecule has 0 amide bonds. The van der Waals surface area contributed by atoms with E-state index in [-0.39, 0.29) is 0 Å². The highest BCUT2D eigenvalue weighted by molar-refractivity contribution is 6.30. The SMILES string of the molecule is C=CCCCCCc1ccc(Cl)cc1. The Morgan fingerprint density at radius 3 is 2.43 bits per heavy atom. The second kappa shape index (κ2) is 6.67. The molecule has 1 rings (SSSR count). The zero-order chi connectivity index (χ0) is 10.2. The molecular weight excluding hydrogens is 192 g/mol. The van der Waals surface area contributed by atoms with E-state index < -0.39 is 0 Å². The summed E-state index contributed by atoms with van der Waals surface area (Å²) in [7, 11) is 0. The Kier molecular flexibility index (Phi) is 5.39. The van der Waals surface area contributed by atoms with Gasteiger partial charge in [-0.3, -0.25) is 0 Å². The maximum absolute atomic E-state index is 5.80. The zero-order valence-electron chi connectivity index (χ0n) is 8.51. The average Bonchev–Trinajstić information content (AvgIpc) is 2.21. The maximum atomic E-state index is 5.80. The number of unbranched alkanes of at least 4 members (excludes halogenated alkanes) is 3. The van der Waals surface area contributed by atoms with Crippen LogP contribution in [-0.2, 0) is 6.42 Å². The van der Waals surface area contributed by atoms with Crippen LogP contribution in [0, 0.1) is 0 Å². The maximum Gasteiger partial charge on any atom is 0.0406 e. The average molecular weight is 209 g/mol. The minimum Gasteiger partial charge on any atom is -0.103 e. The molecule has 0 heterocycles. The molecule has 0 saturated carbocycles. The molecular formula is C13H17Cl. The van der Waals surface area contributed by atoms with E-state index in [1.54, 1.807) is 0 Å². The van der Waals surface area contributed by atoms with Gasteiger partial charge in [-0.2, -0.15) is 0 Å². The van der Waals surface area contributed by atoms with Crippen LogP contribution in [0.15, 0.2) is 36.9 Å². The first-order valence-corrected chi connectivity index (χ1v) is 5.56. The van der Waals surface area contributed by atoms with Gasteiger partial charge in [-0.15, -0.1) is 6.58 Å². The Morgan fingerprint density at radius 1 is 1.07 bits per heavy atom. The molecule has 76 valence electrons. The standard InChI is InChI=1S/C13H17Cl/c1-2-3-4-5-6-7-12-8-10-13(14)11-9-12/h2,8-11H,1,3-7H2. The highest BCUT2D eigenvalue weighted by Gasteiger charge is 1.93. The molecule has 0 unspecified atom stereocenters. The molecule has 0 bridgehead atoms. The summed E-state index contributed by atoms with van der Waals surface area (Å²) in [4.78, 5) is 0. The molecule has 14 heavy (non-hydrogen) atoms. The summed E-state index contributed by atoms with van der Waals surface area (Å²) in [6.45, 7) is 3.71. The third kappa shape index (κ3) is 4.48. The molecule has 0 saturated heterocycles. The second-order valence-corrected chi connectivity index (χ2v) is 3.95. The molecule has 0 spiro atoms. The third-order valence-corrected chi connectivity index (χ3v) is 2.54. The Hall–Kier alpha value is -0.750. The second-order valence-electron chi connectivity index (χ2n) is 3.51. The van der Waals surface area contributed by atoms with E-state index in [4.69, 9.17) is 11.6 Å². The number of halogens is 1. The van der Waals surface area contributed by atoms with Crippen molar-refractivity contribution in [2.24, 2.45) is 0 Å². The van der Waals surface area contributed by atoms with Gasteiger partial charge in [0.15, 0.2) is 0 Å². The van der Waals surface area contributed by atoms with Crippen molar-refractivity contribution in [2.45, 2.75) is 32.1 Å². The van der Waals surface area contributed by atoms with Crippen LogP contribution in [0.4, 0.5) is 0 Å². The van der Waals surface area contributed by atoms with E-state index >= 15 is 0 Å². The van der Waals surface area contributed by atoms with Gasteiger partial charge in [0.25, 0.3) is 0 Å². The minimum absolute atomic E-state index is 0.820. The Morgan fingerprint density at radius 2 is 1.79 bits per heavy atom. The van der Waals surface area contributed by atoms with E-state index in [0.717, 1.165) is 17.9 Å². The lowest BCUT2D eigenvalue weighted by Crippen LogP contribution is -1.85. The lowest BCUT2D eigenvalue weighted by Gasteiger charge is -2.00. The summed E-state index contributed by atoms with van der Waals surface area (Å²) in [6, 6.07) is 8.13. The van der Waals surface area contributed by atoms with E-state index in [9.17, 15) is 0 Å². The molecule has 0 radical (unpaired) electrons. The van der Waals surface area contributed by atoms with Gasteiger partial charge in [0.1, 0.15) is 0 Å². The predicted octanol–water partition coefficient (Wildman–Crippen LogP) is 4.63. The molecule has 0 nitrogen and oxygen atoms in total. The van der Waals surface area contributed by atoms with Crippen molar-refractivity contribution in [1.82, 2.24) is 0 Å². The van der Waals surface area contributed by atoms with Crippen LogP contribution in [-0.4, -0.2) is 0 Å². The Labute approximate surface area is 91.6 Å². The van der Waals surface area contributed by atoms with E-state index in [1.807, 2.05) is 18.2 Å². The summed E-state index contributed by atoms with van der Waals surface area (Å²) in [5, 5.41) is 0.820. The number of hydrogen-bond acceptors (Lipinski definition) is 0. The predicted molar refractivity (Wildman–Crippen MR) is 63.8 cm³/mol. The van der Waals surface area contributed by atoms with Crippen LogP contribution in [0.25, 0.3) is 0 Å². The van der Waals surface area contributed by atoms with Gasteiger partial charge in [0, 0.05) is 5.02 Å². The minimum atomic E-state index is 0.820. The highest BCUT2D eigenvalue weighted by Crippen LogP contribution is 2.12. The fraction of sp³-hybridized carbons (Fsp3) is 0.385. The quantitative estimate of drug-likeness (QED) is 0.473. The molecule has 0 aliphatic rings. The van der Waals surface area contributed by atoms with Gasteiger partial charge in [-0.05, 0) is 43.4 Å². The third-order valence-electron chi connectivity index (χ3n) is 2.29. The van der Waals surface area contributed by atoms with E-state index in [1.165, 1.54) is 24.8 Å². The topological polar surface area (TPSA) is 0 Å². The molecule has 0 atom stereocenters. The van der Waals surface area contributed by atoms with Gasteiger partial charge < -0.3 is 0 Å². The number of allylic oxidation sites excluding steroid dienone is 1. The molecule has 1 aromatic rings. The monoisotopic (exact) mass is 208 g/mol. The van der Waals surface area contributed by atoms with Crippen molar-refractivity contribution in [1.29, 1.82) is 0 Å². The lowest BCUT2D eigenvalue weighted by atomic mass is 10.1. The molecule has 1 heteroatoms. The zero-order valence-corrected chi connectivity index (χ0v) is 9.26. The molecule has 0 aliphatic carbocycles. The summed E-state index contributed by atoms with van der Waals surface area (Å²) >= 11 is 5.80. The fourth-order valence-electron chi connectivity index (χ4n) is 1.45. The molecule has 0 aromatic heterocycles. The molecule has 1 aromatic carbocycles. The molecule has 0 N–H and O–H groups in total. The van der Waals surface area contributed by atoms with Gasteiger partial charge in [-0.1, -0.05) is 36.2 Å². The van der Waals surface area contributed by atoms with E-state index in [0.29, 0.717) is 0 Å². The van der Waals surface area contributed by atoms with Crippen molar-refractivity contribution in [3.8, 4) is 0 Å². The van der Waals surface area contributed by atoms with Gasteiger partial charge in [0.2, 0.25) is 0 Å². The van der Waals surface area contributed by atoms with Crippen LogP contribution < -0.4 is 0 Å². The lowest BCUT2D eigenvalue weighted by molar-refractivity contribution is 0.687. The molecule has 0 fully saturated rings. The van der Waals surface area contributed by atoms with Crippen LogP contribution in [0.5, 0.6) is 0 Å². The number of hydrogen-bond donors (Lipinski definition) is 0. The normalized spacial score (nSPS) is 10.1. The summed E-state index contributed by atoms with van der Waals surface area (Å²) in [5.74, 6) is 0. The summed E-state index contributed by atoms with van der Waals surface area (Å²) in [5.41, 5.74) is 1.38. The van der Waals surface area contributed by atoms with Crippen LogP contribution in [0.1, 0.15) is 31.2 Å². The number of rotatable bonds is 6. The summed E-state index contributed by atoms with van der Waals surface area (Å²) in [6.07, 6.45) is 8.10. The van der Waals surface area contributed by atoms with Crippen LogP contribution in [0.2, 0.25) is 5.02 Å². The van der Waals surface area contributed by atoms with Crippen LogP contribution >= 0.6 is 11.6 Å². The largest absolute Gasteiger partial charge is 0.103 e.